The summed E-state index contributed by atoms with van der Waals surface area (Å²) < 4.78 is 5.48. The van der Waals surface area contributed by atoms with Gasteiger partial charge in [-0.1, -0.05) is 6.92 Å². The van der Waals surface area contributed by atoms with E-state index in [0.29, 0.717) is 5.92 Å². The summed E-state index contributed by atoms with van der Waals surface area (Å²) in [5.41, 5.74) is 0. The Morgan fingerprint density at radius 3 is 3.00 bits per heavy atom. The molecule has 0 saturated carbocycles. The summed E-state index contributed by atoms with van der Waals surface area (Å²) in [6.07, 6.45) is 3.71. The molecule has 1 heterocycles. The number of piperidine rings is 1. The summed E-state index contributed by atoms with van der Waals surface area (Å²) in [5.74, 6) is 1.52. The van der Waals surface area contributed by atoms with Crippen molar-refractivity contribution in [3.05, 3.63) is 0 Å². The maximum Gasteiger partial charge on any atom is 0.0593 e. The SMILES string of the molecule is CCCOCCN1CCCC(CCl)C1. The molecule has 1 atom stereocenters. The Labute approximate surface area is 92.6 Å². The number of rotatable bonds is 6. The molecule has 0 radical (unpaired) electrons. The fourth-order valence-corrected chi connectivity index (χ4v) is 2.17. The molecule has 0 aromatic rings. The maximum atomic E-state index is 5.87. The van der Waals surface area contributed by atoms with Crippen LogP contribution in [0.5, 0.6) is 0 Å². The molecule has 0 spiro atoms. The van der Waals surface area contributed by atoms with Crippen molar-refractivity contribution in [2.75, 3.05) is 38.7 Å². The molecule has 2 nitrogen and oxygen atoms in total. The van der Waals surface area contributed by atoms with E-state index in [-0.39, 0.29) is 0 Å². The number of nitrogens with zero attached hydrogens (tertiary/aromatic N) is 1. The minimum absolute atomic E-state index is 0.705. The van der Waals surface area contributed by atoms with E-state index in [1.54, 1.807) is 0 Å². The van der Waals surface area contributed by atoms with Crippen LogP contribution in [0.4, 0.5) is 0 Å². The van der Waals surface area contributed by atoms with Gasteiger partial charge in [-0.2, -0.15) is 0 Å². The average molecular weight is 220 g/mol. The van der Waals surface area contributed by atoms with Gasteiger partial charge in [0, 0.05) is 25.6 Å². The lowest BCUT2D eigenvalue weighted by Gasteiger charge is -2.31. The second-order valence-electron chi connectivity index (χ2n) is 4.08. The van der Waals surface area contributed by atoms with Gasteiger partial charge < -0.3 is 9.64 Å². The van der Waals surface area contributed by atoms with Crippen molar-refractivity contribution in [2.24, 2.45) is 5.92 Å². The highest BCUT2D eigenvalue weighted by molar-refractivity contribution is 6.18. The van der Waals surface area contributed by atoms with E-state index in [2.05, 4.69) is 11.8 Å². The minimum atomic E-state index is 0.705. The summed E-state index contributed by atoms with van der Waals surface area (Å²) in [4.78, 5) is 2.48. The van der Waals surface area contributed by atoms with Gasteiger partial charge >= 0.3 is 0 Å². The first-order valence-corrected chi connectivity index (χ1v) is 6.26. The van der Waals surface area contributed by atoms with Gasteiger partial charge in [0.15, 0.2) is 0 Å². The molecule has 0 aliphatic carbocycles. The topological polar surface area (TPSA) is 12.5 Å². The molecule has 0 bridgehead atoms. The van der Waals surface area contributed by atoms with Crippen LogP contribution in [0.2, 0.25) is 0 Å². The van der Waals surface area contributed by atoms with E-state index < -0.39 is 0 Å². The molecule has 1 saturated heterocycles. The molecule has 84 valence electrons. The number of hydrogen-bond acceptors (Lipinski definition) is 2. The van der Waals surface area contributed by atoms with E-state index in [4.69, 9.17) is 16.3 Å². The van der Waals surface area contributed by atoms with Crippen molar-refractivity contribution in [3.63, 3.8) is 0 Å². The molecule has 0 aromatic heterocycles. The smallest absolute Gasteiger partial charge is 0.0593 e. The van der Waals surface area contributed by atoms with Gasteiger partial charge in [0.05, 0.1) is 6.61 Å². The molecule has 3 heteroatoms. The summed E-state index contributed by atoms with van der Waals surface area (Å²) in [5, 5.41) is 0. The van der Waals surface area contributed by atoms with E-state index in [9.17, 15) is 0 Å². The molecule has 1 rings (SSSR count). The minimum Gasteiger partial charge on any atom is -0.380 e. The highest BCUT2D eigenvalue weighted by Crippen LogP contribution is 2.16. The first-order chi connectivity index (χ1) is 6.86. The molecule has 0 aromatic carbocycles. The van der Waals surface area contributed by atoms with Gasteiger partial charge in [0.1, 0.15) is 0 Å². The Morgan fingerprint density at radius 2 is 2.29 bits per heavy atom. The molecule has 14 heavy (non-hydrogen) atoms. The first-order valence-electron chi connectivity index (χ1n) is 5.73. The fraction of sp³-hybridized carbons (Fsp3) is 1.00. The van der Waals surface area contributed by atoms with Crippen LogP contribution in [-0.2, 0) is 4.74 Å². The lowest BCUT2D eigenvalue weighted by atomic mass is 10.0. The van der Waals surface area contributed by atoms with E-state index in [1.165, 1.54) is 25.9 Å². The molecule has 0 amide bonds. The van der Waals surface area contributed by atoms with Gasteiger partial charge in [-0.25, -0.2) is 0 Å². The van der Waals surface area contributed by atoms with Crippen molar-refractivity contribution in [2.45, 2.75) is 26.2 Å². The van der Waals surface area contributed by atoms with Crippen molar-refractivity contribution in [3.8, 4) is 0 Å². The predicted molar refractivity (Wildman–Crippen MR) is 61.0 cm³/mol. The Bertz CT molecular complexity index is 143. The number of hydrogen-bond donors (Lipinski definition) is 0. The van der Waals surface area contributed by atoms with Gasteiger partial charge in [0.25, 0.3) is 0 Å². The van der Waals surface area contributed by atoms with Crippen LogP contribution in [0, 0.1) is 5.92 Å². The normalized spacial score (nSPS) is 24.0. The Morgan fingerprint density at radius 1 is 1.43 bits per heavy atom. The summed E-state index contributed by atoms with van der Waals surface area (Å²) in [6.45, 7) is 7.38. The van der Waals surface area contributed by atoms with Crippen LogP contribution in [0.3, 0.4) is 0 Å². The maximum absolute atomic E-state index is 5.87. The molecule has 1 aliphatic rings. The Kier molecular flexibility index (Phi) is 6.57. The zero-order chi connectivity index (χ0) is 10.2. The number of halogens is 1. The third-order valence-electron chi connectivity index (χ3n) is 2.72. The summed E-state index contributed by atoms with van der Waals surface area (Å²) in [7, 11) is 0. The van der Waals surface area contributed by atoms with Gasteiger partial charge in [-0.15, -0.1) is 11.6 Å². The zero-order valence-corrected chi connectivity index (χ0v) is 9.93. The van der Waals surface area contributed by atoms with Crippen LogP contribution in [0.15, 0.2) is 0 Å². The monoisotopic (exact) mass is 219 g/mol. The Hall–Kier alpha value is 0.210. The summed E-state index contributed by atoms with van der Waals surface area (Å²) >= 11 is 5.87. The number of ether oxygens (including phenoxy) is 1. The van der Waals surface area contributed by atoms with Crippen LogP contribution in [0.25, 0.3) is 0 Å². The van der Waals surface area contributed by atoms with Crippen LogP contribution >= 0.6 is 11.6 Å². The largest absolute Gasteiger partial charge is 0.380 e. The second-order valence-corrected chi connectivity index (χ2v) is 4.38. The third kappa shape index (κ3) is 4.63. The van der Waals surface area contributed by atoms with E-state index in [1.807, 2.05) is 0 Å². The lowest BCUT2D eigenvalue weighted by Crippen LogP contribution is -2.38. The second kappa shape index (κ2) is 7.49. The molecule has 0 N–H and O–H groups in total. The Balaban J connectivity index is 2.05. The van der Waals surface area contributed by atoms with Gasteiger partial charge in [-0.3, -0.25) is 0 Å². The molecular formula is C11H22ClNO. The number of likely N-dealkylation sites (tertiary alicyclic amines) is 1. The zero-order valence-electron chi connectivity index (χ0n) is 9.17. The highest BCUT2D eigenvalue weighted by Gasteiger charge is 2.18. The first kappa shape index (κ1) is 12.3. The van der Waals surface area contributed by atoms with E-state index in [0.717, 1.165) is 32.1 Å². The molecule has 1 unspecified atom stereocenters. The van der Waals surface area contributed by atoms with Crippen molar-refractivity contribution < 1.29 is 4.74 Å². The molecule has 1 aliphatic heterocycles. The van der Waals surface area contributed by atoms with Gasteiger partial charge in [-0.05, 0) is 31.7 Å². The van der Waals surface area contributed by atoms with Crippen molar-refractivity contribution in [1.82, 2.24) is 4.90 Å². The fourth-order valence-electron chi connectivity index (χ4n) is 1.92. The molecular weight excluding hydrogens is 198 g/mol. The molecule has 1 fully saturated rings. The summed E-state index contributed by atoms with van der Waals surface area (Å²) in [6, 6.07) is 0. The predicted octanol–water partition coefficient (Wildman–Crippen LogP) is 2.36. The lowest BCUT2D eigenvalue weighted by molar-refractivity contribution is 0.0879. The van der Waals surface area contributed by atoms with Crippen LogP contribution < -0.4 is 0 Å². The van der Waals surface area contributed by atoms with Crippen molar-refractivity contribution >= 4 is 11.6 Å². The standard InChI is InChI=1S/C11H22ClNO/c1-2-7-14-8-6-13-5-3-4-11(9-12)10-13/h11H,2-10H2,1H3. The third-order valence-corrected chi connectivity index (χ3v) is 3.16. The highest BCUT2D eigenvalue weighted by atomic mass is 35.5. The van der Waals surface area contributed by atoms with E-state index >= 15 is 0 Å². The average Bonchev–Trinajstić information content (AvgIpc) is 2.25. The van der Waals surface area contributed by atoms with Crippen molar-refractivity contribution in [1.29, 1.82) is 0 Å². The van der Waals surface area contributed by atoms with Crippen LogP contribution in [0.1, 0.15) is 26.2 Å². The van der Waals surface area contributed by atoms with Gasteiger partial charge in [0.2, 0.25) is 0 Å². The quantitative estimate of drug-likeness (QED) is 0.503. The number of alkyl halides is 1. The van der Waals surface area contributed by atoms with Crippen LogP contribution in [-0.4, -0.2) is 43.6 Å².